The Labute approximate surface area is 116 Å². The van der Waals surface area contributed by atoms with Crippen LogP contribution in [-0.2, 0) is 4.79 Å². The summed E-state index contributed by atoms with van der Waals surface area (Å²) in [4.78, 5) is 16.1. The van der Waals surface area contributed by atoms with E-state index in [1.807, 2.05) is 24.3 Å². The largest absolute Gasteiger partial charge is 0.373 e. The van der Waals surface area contributed by atoms with E-state index < -0.39 is 0 Å². The van der Waals surface area contributed by atoms with Crippen molar-refractivity contribution < 1.29 is 4.79 Å². The van der Waals surface area contributed by atoms with Gasteiger partial charge in [0.2, 0.25) is 5.91 Å². The van der Waals surface area contributed by atoms with Crippen LogP contribution in [0, 0.1) is 0 Å². The highest BCUT2D eigenvalue weighted by atomic mass is 35.5. The molecule has 0 saturated carbocycles. The van der Waals surface area contributed by atoms with Gasteiger partial charge in [0, 0.05) is 28.8 Å². The van der Waals surface area contributed by atoms with Crippen LogP contribution in [0.25, 0.3) is 10.9 Å². The van der Waals surface area contributed by atoms with Crippen molar-refractivity contribution in [3.8, 4) is 0 Å². The van der Waals surface area contributed by atoms with Crippen molar-refractivity contribution in [2.24, 2.45) is 0 Å². The molecule has 0 aliphatic carbocycles. The Kier molecular flexibility index (Phi) is 3.25. The number of halogens is 1. The van der Waals surface area contributed by atoms with Gasteiger partial charge in [0.15, 0.2) is 0 Å². The summed E-state index contributed by atoms with van der Waals surface area (Å²) in [5.74, 6) is 0.0603. The number of amides is 1. The summed E-state index contributed by atoms with van der Waals surface area (Å²) in [6.45, 7) is 0.768. The van der Waals surface area contributed by atoms with Gasteiger partial charge in [-0.25, -0.2) is 0 Å². The van der Waals surface area contributed by atoms with Crippen molar-refractivity contribution in [3.63, 3.8) is 0 Å². The number of carbonyl (C=O) groups excluding carboxylic acids is 1. The molecule has 1 fully saturated rings. The van der Waals surface area contributed by atoms with Crippen LogP contribution in [0.4, 0.5) is 5.69 Å². The number of benzene rings is 1. The Balaban J connectivity index is 1.94. The zero-order valence-corrected chi connectivity index (χ0v) is 11.1. The molecule has 1 aliphatic heterocycles. The quantitative estimate of drug-likeness (QED) is 0.886. The van der Waals surface area contributed by atoms with E-state index in [9.17, 15) is 4.79 Å². The molecular weight excluding hydrogens is 262 g/mol. The Morgan fingerprint density at radius 3 is 3.11 bits per heavy atom. The number of rotatable bonds is 2. The molecule has 5 heteroatoms. The van der Waals surface area contributed by atoms with E-state index in [0.29, 0.717) is 5.02 Å². The number of hydrogen-bond donors (Lipinski definition) is 2. The fourth-order valence-electron chi connectivity index (χ4n) is 2.34. The standard InChI is InChI=1S/C14H14ClN3O/c15-9-3-4-10-11(5-7-16-13(10)8-9)18-12-2-1-6-17-14(12)19/h3-5,7-8,12H,1-2,6H2,(H,16,18)(H,17,19). The zero-order chi connectivity index (χ0) is 13.2. The first kappa shape index (κ1) is 12.2. The molecule has 1 aliphatic rings. The van der Waals surface area contributed by atoms with E-state index in [4.69, 9.17) is 11.6 Å². The fourth-order valence-corrected chi connectivity index (χ4v) is 2.51. The first-order valence-electron chi connectivity index (χ1n) is 6.32. The number of carbonyl (C=O) groups is 1. The maximum atomic E-state index is 11.8. The molecule has 3 rings (SSSR count). The molecule has 1 atom stereocenters. The molecule has 98 valence electrons. The van der Waals surface area contributed by atoms with Crippen molar-refractivity contribution in [3.05, 3.63) is 35.5 Å². The Morgan fingerprint density at radius 2 is 2.26 bits per heavy atom. The second-order valence-electron chi connectivity index (χ2n) is 4.65. The van der Waals surface area contributed by atoms with Gasteiger partial charge < -0.3 is 10.6 Å². The lowest BCUT2D eigenvalue weighted by Gasteiger charge is -2.24. The maximum absolute atomic E-state index is 11.8. The minimum absolute atomic E-state index is 0.0603. The highest BCUT2D eigenvalue weighted by Gasteiger charge is 2.22. The van der Waals surface area contributed by atoms with Crippen LogP contribution in [0.15, 0.2) is 30.5 Å². The predicted octanol–water partition coefficient (Wildman–Crippen LogP) is 2.58. The average molecular weight is 276 g/mol. The molecular formula is C14H14ClN3O. The van der Waals surface area contributed by atoms with Crippen molar-refractivity contribution in [1.29, 1.82) is 0 Å². The molecule has 1 aromatic carbocycles. The molecule has 1 unspecified atom stereocenters. The fraction of sp³-hybridized carbons (Fsp3) is 0.286. The summed E-state index contributed by atoms with van der Waals surface area (Å²) in [7, 11) is 0. The summed E-state index contributed by atoms with van der Waals surface area (Å²) >= 11 is 5.96. The lowest BCUT2D eigenvalue weighted by molar-refractivity contribution is -0.123. The third kappa shape index (κ3) is 2.49. The van der Waals surface area contributed by atoms with Gasteiger partial charge in [-0.3, -0.25) is 9.78 Å². The smallest absolute Gasteiger partial charge is 0.242 e. The van der Waals surface area contributed by atoms with E-state index in [-0.39, 0.29) is 11.9 Å². The molecule has 1 aromatic heterocycles. The van der Waals surface area contributed by atoms with Crippen molar-refractivity contribution in [2.45, 2.75) is 18.9 Å². The lowest BCUT2D eigenvalue weighted by atomic mass is 10.1. The van der Waals surface area contributed by atoms with E-state index in [2.05, 4.69) is 15.6 Å². The number of piperidine rings is 1. The van der Waals surface area contributed by atoms with Gasteiger partial charge in [0.25, 0.3) is 0 Å². The Hall–Kier alpha value is -1.81. The van der Waals surface area contributed by atoms with Gasteiger partial charge in [0.05, 0.1) is 5.52 Å². The van der Waals surface area contributed by atoms with Crippen LogP contribution in [-0.4, -0.2) is 23.5 Å². The molecule has 2 aromatic rings. The maximum Gasteiger partial charge on any atom is 0.242 e. The monoisotopic (exact) mass is 275 g/mol. The summed E-state index contributed by atoms with van der Waals surface area (Å²) in [6.07, 6.45) is 3.57. The number of anilines is 1. The first-order chi connectivity index (χ1) is 9.24. The number of pyridine rings is 1. The number of nitrogens with zero attached hydrogens (tertiary/aromatic N) is 1. The van der Waals surface area contributed by atoms with Gasteiger partial charge in [-0.1, -0.05) is 11.6 Å². The SMILES string of the molecule is O=C1NCCCC1Nc1ccnc2cc(Cl)ccc12. The van der Waals surface area contributed by atoms with Gasteiger partial charge in [0.1, 0.15) is 6.04 Å². The summed E-state index contributed by atoms with van der Waals surface area (Å²) < 4.78 is 0. The topological polar surface area (TPSA) is 54.0 Å². The van der Waals surface area contributed by atoms with Gasteiger partial charge in [-0.05, 0) is 37.1 Å². The van der Waals surface area contributed by atoms with Crippen LogP contribution in [0.1, 0.15) is 12.8 Å². The first-order valence-corrected chi connectivity index (χ1v) is 6.70. The zero-order valence-electron chi connectivity index (χ0n) is 10.3. The molecule has 1 amide bonds. The van der Waals surface area contributed by atoms with Crippen LogP contribution >= 0.6 is 11.6 Å². The van der Waals surface area contributed by atoms with Crippen LogP contribution < -0.4 is 10.6 Å². The lowest BCUT2D eigenvalue weighted by Crippen LogP contribution is -2.44. The molecule has 19 heavy (non-hydrogen) atoms. The third-order valence-electron chi connectivity index (χ3n) is 3.32. The van der Waals surface area contributed by atoms with E-state index in [0.717, 1.165) is 36.0 Å². The van der Waals surface area contributed by atoms with Crippen LogP contribution in [0.5, 0.6) is 0 Å². The van der Waals surface area contributed by atoms with Crippen molar-refractivity contribution in [2.75, 3.05) is 11.9 Å². The van der Waals surface area contributed by atoms with Crippen LogP contribution in [0.2, 0.25) is 5.02 Å². The number of fused-ring (bicyclic) bond motifs is 1. The van der Waals surface area contributed by atoms with Gasteiger partial charge in [-0.15, -0.1) is 0 Å². The summed E-state index contributed by atoms with van der Waals surface area (Å²) in [6, 6.07) is 7.29. The number of aromatic nitrogens is 1. The molecule has 2 N–H and O–H groups in total. The molecule has 0 radical (unpaired) electrons. The minimum atomic E-state index is -0.171. The van der Waals surface area contributed by atoms with Gasteiger partial charge >= 0.3 is 0 Å². The van der Waals surface area contributed by atoms with E-state index >= 15 is 0 Å². The molecule has 0 spiro atoms. The minimum Gasteiger partial charge on any atom is -0.373 e. The summed E-state index contributed by atoms with van der Waals surface area (Å²) in [5, 5.41) is 7.81. The Bertz CT molecular complexity index is 629. The van der Waals surface area contributed by atoms with E-state index in [1.165, 1.54) is 0 Å². The Morgan fingerprint density at radius 1 is 1.37 bits per heavy atom. The predicted molar refractivity (Wildman–Crippen MR) is 76.4 cm³/mol. The molecule has 2 heterocycles. The molecule has 4 nitrogen and oxygen atoms in total. The summed E-state index contributed by atoms with van der Waals surface area (Å²) in [5.41, 5.74) is 1.75. The average Bonchev–Trinajstić information content (AvgIpc) is 2.41. The second-order valence-corrected chi connectivity index (χ2v) is 5.09. The van der Waals surface area contributed by atoms with Crippen molar-refractivity contribution >= 4 is 34.1 Å². The van der Waals surface area contributed by atoms with Gasteiger partial charge in [-0.2, -0.15) is 0 Å². The molecule has 0 bridgehead atoms. The number of hydrogen-bond acceptors (Lipinski definition) is 3. The third-order valence-corrected chi connectivity index (χ3v) is 3.55. The highest BCUT2D eigenvalue weighted by Crippen LogP contribution is 2.25. The van der Waals surface area contributed by atoms with E-state index in [1.54, 1.807) is 6.20 Å². The second kappa shape index (κ2) is 5.05. The van der Waals surface area contributed by atoms with Crippen molar-refractivity contribution in [1.82, 2.24) is 10.3 Å². The number of nitrogens with one attached hydrogen (secondary N) is 2. The molecule has 1 saturated heterocycles. The highest BCUT2D eigenvalue weighted by molar-refractivity contribution is 6.31. The normalized spacial score (nSPS) is 19.2. The van der Waals surface area contributed by atoms with Crippen LogP contribution in [0.3, 0.4) is 0 Å².